The topological polar surface area (TPSA) is 120 Å². The molecule has 1 fully saturated rings. The normalized spacial score (nSPS) is 14.9. The zero-order chi connectivity index (χ0) is 23.5. The third kappa shape index (κ3) is 4.74. The maximum absolute atomic E-state index is 13.0. The summed E-state index contributed by atoms with van der Waals surface area (Å²) in [4.78, 5) is 6.18. The number of azo groups is 1. The SMILES string of the molecule is CCn1c(N=Nc2ccc(N3CCCC3)cc2NS(=O)(=O)C(F)(F)F)nc([N-]C)c1[N-]C. The van der Waals surface area contributed by atoms with Crippen molar-refractivity contribution in [3.05, 3.63) is 28.8 Å². The highest BCUT2D eigenvalue weighted by molar-refractivity contribution is 7.93. The number of halogens is 3. The minimum atomic E-state index is -5.64. The summed E-state index contributed by atoms with van der Waals surface area (Å²) in [6.45, 7) is 3.74. The zero-order valence-electron chi connectivity index (χ0n) is 17.8. The molecule has 0 bridgehead atoms. The van der Waals surface area contributed by atoms with E-state index in [1.165, 1.54) is 12.1 Å². The van der Waals surface area contributed by atoms with Crippen molar-refractivity contribution < 1.29 is 21.6 Å². The predicted molar refractivity (Wildman–Crippen MR) is 116 cm³/mol. The molecular formula is C18H23F3N8O2S-2. The zero-order valence-corrected chi connectivity index (χ0v) is 18.6. The first-order chi connectivity index (χ1) is 15.1. The van der Waals surface area contributed by atoms with Gasteiger partial charge in [0.2, 0.25) is 0 Å². The number of hydrogen-bond donors (Lipinski definition) is 1. The van der Waals surface area contributed by atoms with Gasteiger partial charge in [-0.1, -0.05) is 32.7 Å². The molecule has 0 amide bonds. The second-order valence-corrected chi connectivity index (χ2v) is 8.57. The van der Waals surface area contributed by atoms with Crippen LogP contribution in [-0.4, -0.2) is 50.7 Å². The predicted octanol–water partition coefficient (Wildman–Crippen LogP) is 5.45. The molecule has 1 N–H and O–H groups in total. The average Bonchev–Trinajstić information content (AvgIpc) is 3.39. The molecule has 2 heterocycles. The first-order valence-corrected chi connectivity index (χ1v) is 11.3. The van der Waals surface area contributed by atoms with Gasteiger partial charge in [0.25, 0.3) is 0 Å². The lowest BCUT2D eigenvalue weighted by molar-refractivity contribution is -0.0429. The Morgan fingerprint density at radius 1 is 1.16 bits per heavy atom. The summed E-state index contributed by atoms with van der Waals surface area (Å²) in [5.41, 5.74) is -5.30. The second-order valence-electron chi connectivity index (χ2n) is 6.90. The van der Waals surface area contributed by atoms with E-state index in [1.54, 1.807) is 29.5 Å². The van der Waals surface area contributed by atoms with Crippen LogP contribution in [0.15, 0.2) is 28.4 Å². The third-order valence-corrected chi connectivity index (χ3v) is 5.99. The Hall–Kier alpha value is -3.03. The molecule has 1 aliphatic rings. The molecule has 10 nitrogen and oxygen atoms in total. The van der Waals surface area contributed by atoms with Crippen LogP contribution in [0.4, 0.5) is 47.8 Å². The fourth-order valence-corrected chi connectivity index (χ4v) is 3.89. The van der Waals surface area contributed by atoms with Gasteiger partial charge < -0.3 is 25.1 Å². The summed E-state index contributed by atoms with van der Waals surface area (Å²) in [6, 6.07) is 4.41. The molecule has 0 atom stereocenters. The Morgan fingerprint density at radius 2 is 1.84 bits per heavy atom. The quantitative estimate of drug-likeness (QED) is 0.514. The summed E-state index contributed by atoms with van der Waals surface area (Å²) < 4.78 is 65.6. The van der Waals surface area contributed by atoms with Crippen molar-refractivity contribution in [1.29, 1.82) is 0 Å². The molecule has 1 saturated heterocycles. The fourth-order valence-electron chi connectivity index (χ4n) is 3.32. The van der Waals surface area contributed by atoms with Gasteiger partial charge in [-0.2, -0.15) is 26.7 Å². The Bertz CT molecular complexity index is 1090. The summed E-state index contributed by atoms with van der Waals surface area (Å²) in [5.74, 6) is 0.957. The van der Waals surface area contributed by atoms with Crippen LogP contribution in [0.25, 0.3) is 10.6 Å². The molecule has 3 rings (SSSR count). The van der Waals surface area contributed by atoms with Crippen LogP contribution in [0.3, 0.4) is 0 Å². The molecule has 176 valence electrons. The molecule has 32 heavy (non-hydrogen) atoms. The lowest BCUT2D eigenvalue weighted by Crippen LogP contribution is -2.30. The van der Waals surface area contributed by atoms with Gasteiger partial charge in [-0.25, -0.2) is 0 Å². The summed E-state index contributed by atoms with van der Waals surface area (Å²) in [7, 11) is -2.53. The molecule has 0 aliphatic carbocycles. The maximum atomic E-state index is 13.0. The largest absolute Gasteiger partial charge is 0.516 e. The first-order valence-electron chi connectivity index (χ1n) is 9.81. The van der Waals surface area contributed by atoms with Crippen molar-refractivity contribution in [1.82, 2.24) is 9.55 Å². The minimum absolute atomic E-state index is 0.0867. The van der Waals surface area contributed by atoms with E-state index in [2.05, 4.69) is 25.8 Å². The molecule has 1 aliphatic heterocycles. The standard InChI is InChI=1S/C18H23F3N8O2S/c1-4-29-16(23-3)15(22-2)24-17(29)26-25-13-8-7-12(28-9-5-6-10-28)11-14(13)27-32(30,31)18(19,20)21/h7-8,11,27H,4-6,9-10H2,1-3H3/q-2. The Balaban J connectivity index is 2.03. The highest BCUT2D eigenvalue weighted by atomic mass is 32.2. The number of imidazole rings is 1. The Morgan fingerprint density at radius 3 is 2.41 bits per heavy atom. The van der Waals surface area contributed by atoms with Crippen molar-refractivity contribution >= 4 is 44.7 Å². The molecule has 0 saturated carbocycles. The van der Waals surface area contributed by atoms with Gasteiger partial charge in [-0.15, -0.1) is 5.11 Å². The summed E-state index contributed by atoms with van der Waals surface area (Å²) in [6.07, 6.45) is 1.89. The van der Waals surface area contributed by atoms with E-state index in [4.69, 9.17) is 0 Å². The van der Waals surface area contributed by atoms with Crippen LogP contribution >= 0.6 is 0 Å². The number of hydrogen-bond acceptors (Lipinski definition) is 6. The number of sulfonamides is 1. The van der Waals surface area contributed by atoms with Crippen LogP contribution in [0.1, 0.15) is 19.8 Å². The lowest BCUT2D eigenvalue weighted by atomic mass is 10.2. The van der Waals surface area contributed by atoms with Gasteiger partial charge in [0.15, 0.2) is 0 Å². The van der Waals surface area contributed by atoms with E-state index in [1.807, 2.05) is 11.8 Å². The minimum Gasteiger partial charge on any atom is -0.469 e. The molecule has 14 heteroatoms. The van der Waals surface area contributed by atoms with E-state index in [0.29, 0.717) is 23.9 Å². The van der Waals surface area contributed by atoms with E-state index >= 15 is 0 Å². The second kappa shape index (κ2) is 9.22. The highest BCUT2D eigenvalue weighted by Crippen LogP contribution is 2.39. The van der Waals surface area contributed by atoms with Gasteiger partial charge >= 0.3 is 15.5 Å². The number of aromatic nitrogens is 2. The Kier molecular flexibility index (Phi) is 6.81. The number of nitrogens with zero attached hydrogens (tertiary/aromatic N) is 7. The smallest absolute Gasteiger partial charge is 0.469 e. The number of anilines is 2. The van der Waals surface area contributed by atoms with Crippen molar-refractivity contribution in [3.8, 4) is 0 Å². The van der Waals surface area contributed by atoms with Crippen molar-refractivity contribution in [3.63, 3.8) is 0 Å². The highest BCUT2D eigenvalue weighted by Gasteiger charge is 2.46. The van der Waals surface area contributed by atoms with Crippen LogP contribution in [0.5, 0.6) is 0 Å². The first kappa shape index (κ1) is 23.6. The number of nitrogens with one attached hydrogen (secondary N) is 1. The molecule has 2 aromatic rings. The number of rotatable bonds is 8. The Labute approximate surface area is 184 Å². The van der Waals surface area contributed by atoms with Crippen LogP contribution in [0.2, 0.25) is 0 Å². The van der Waals surface area contributed by atoms with E-state index in [0.717, 1.165) is 25.9 Å². The van der Waals surface area contributed by atoms with Crippen LogP contribution in [0, 0.1) is 0 Å². The average molecular weight is 472 g/mol. The van der Waals surface area contributed by atoms with Crippen molar-refractivity contribution in [2.45, 2.75) is 31.8 Å². The molecule has 1 aromatic carbocycles. The van der Waals surface area contributed by atoms with Gasteiger partial charge in [-0.3, -0.25) is 4.72 Å². The van der Waals surface area contributed by atoms with Crippen LogP contribution < -0.4 is 9.62 Å². The molecular weight excluding hydrogens is 449 g/mol. The van der Waals surface area contributed by atoms with Crippen LogP contribution in [-0.2, 0) is 16.6 Å². The number of alkyl halides is 3. The van der Waals surface area contributed by atoms with Gasteiger partial charge in [-0.05, 0) is 37.6 Å². The summed E-state index contributed by atoms with van der Waals surface area (Å²) in [5, 5.41) is 16.2. The molecule has 0 radical (unpaired) electrons. The van der Waals surface area contributed by atoms with E-state index in [9.17, 15) is 21.6 Å². The monoisotopic (exact) mass is 472 g/mol. The van der Waals surface area contributed by atoms with Gasteiger partial charge in [0.1, 0.15) is 5.69 Å². The van der Waals surface area contributed by atoms with Gasteiger partial charge in [0.05, 0.1) is 11.6 Å². The fraction of sp³-hybridized carbons (Fsp3) is 0.500. The molecule has 1 aromatic heterocycles. The van der Waals surface area contributed by atoms with E-state index in [-0.39, 0.29) is 17.3 Å². The summed E-state index contributed by atoms with van der Waals surface area (Å²) >= 11 is 0. The van der Waals surface area contributed by atoms with Crippen molar-refractivity contribution in [2.24, 2.45) is 10.2 Å². The van der Waals surface area contributed by atoms with Crippen molar-refractivity contribution in [2.75, 3.05) is 36.8 Å². The van der Waals surface area contributed by atoms with Gasteiger partial charge in [0, 0.05) is 18.8 Å². The van der Waals surface area contributed by atoms with E-state index < -0.39 is 15.5 Å². The molecule has 0 unspecified atom stereocenters. The lowest BCUT2D eigenvalue weighted by Gasteiger charge is -2.21. The third-order valence-electron chi connectivity index (χ3n) is 4.89. The molecule has 0 spiro atoms. The number of benzene rings is 1. The maximum Gasteiger partial charge on any atom is 0.516 e.